The second-order valence-corrected chi connectivity index (χ2v) is 6.17. The van der Waals surface area contributed by atoms with Crippen LogP contribution >= 0.6 is 11.8 Å². The monoisotopic (exact) mass is 304 g/mol. The predicted octanol–water partition coefficient (Wildman–Crippen LogP) is 0.995. The van der Waals surface area contributed by atoms with Gasteiger partial charge in [0.15, 0.2) is 0 Å². The first-order valence-electron chi connectivity index (χ1n) is 6.91. The highest BCUT2D eigenvalue weighted by molar-refractivity contribution is 7.98. The van der Waals surface area contributed by atoms with E-state index >= 15 is 0 Å². The van der Waals surface area contributed by atoms with Gasteiger partial charge in [0.25, 0.3) is 0 Å². The molecule has 0 aliphatic carbocycles. The molecule has 2 unspecified atom stereocenters. The van der Waals surface area contributed by atoms with Crippen molar-refractivity contribution < 1.29 is 19.8 Å². The molecule has 7 heteroatoms. The zero-order chi connectivity index (χ0) is 15.1. The minimum atomic E-state index is -0.994. The maximum Gasteiger partial charge on any atom is 0.326 e. The van der Waals surface area contributed by atoms with E-state index in [-0.39, 0.29) is 18.1 Å². The van der Waals surface area contributed by atoms with Gasteiger partial charge < -0.3 is 20.4 Å². The highest BCUT2D eigenvalue weighted by Gasteiger charge is 2.27. The first-order valence-corrected chi connectivity index (χ1v) is 8.30. The summed E-state index contributed by atoms with van der Waals surface area (Å²) in [7, 11) is 0. The normalized spacial score (nSPS) is 19.4. The highest BCUT2D eigenvalue weighted by atomic mass is 32.2. The van der Waals surface area contributed by atoms with Gasteiger partial charge in [-0.15, -0.1) is 0 Å². The standard InChI is InChI=1S/C13H24N2O4S/c1-9(16)10-3-6-15(7-4-10)13(19)14-11(12(17)18)5-8-20-2/h9-11,16H,3-8H2,1-2H3,(H,14,19)(H,17,18). The van der Waals surface area contributed by atoms with Crippen LogP contribution in [0, 0.1) is 5.92 Å². The summed E-state index contributed by atoms with van der Waals surface area (Å²) in [5.41, 5.74) is 0. The average Bonchev–Trinajstić information content (AvgIpc) is 2.42. The number of likely N-dealkylation sites (tertiary alicyclic amines) is 1. The lowest BCUT2D eigenvalue weighted by molar-refractivity contribution is -0.139. The van der Waals surface area contributed by atoms with Crippen molar-refractivity contribution in [1.29, 1.82) is 0 Å². The Bertz CT molecular complexity index is 330. The van der Waals surface area contributed by atoms with E-state index in [2.05, 4.69) is 5.32 Å². The molecule has 2 atom stereocenters. The fourth-order valence-corrected chi connectivity index (χ4v) is 2.79. The van der Waals surface area contributed by atoms with Gasteiger partial charge in [-0.25, -0.2) is 9.59 Å². The minimum Gasteiger partial charge on any atom is -0.480 e. The fraction of sp³-hybridized carbons (Fsp3) is 0.846. The van der Waals surface area contributed by atoms with Crippen LogP contribution in [-0.4, -0.2) is 64.4 Å². The van der Waals surface area contributed by atoms with Crippen molar-refractivity contribution in [3.05, 3.63) is 0 Å². The molecule has 1 aliphatic heterocycles. The summed E-state index contributed by atoms with van der Waals surface area (Å²) < 4.78 is 0. The van der Waals surface area contributed by atoms with Crippen LogP contribution in [-0.2, 0) is 4.79 Å². The molecule has 6 nitrogen and oxygen atoms in total. The van der Waals surface area contributed by atoms with Crippen LogP contribution in [0.15, 0.2) is 0 Å². The van der Waals surface area contributed by atoms with Gasteiger partial charge in [0.05, 0.1) is 6.10 Å². The summed E-state index contributed by atoms with van der Waals surface area (Å²) in [4.78, 5) is 24.8. The van der Waals surface area contributed by atoms with E-state index in [1.54, 1.807) is 23.6 Å². The van der Waals surface area contributed by atoms with Gasteiger partial charge in [-0.3, -0.25) is 0 Å². The summed E-state index contributed by atoms with van der Waals surface area (Å²) in [5, 5.41) is 21.2. The van der Waals surface area contributed by atoms with Gasteiger partial charge >= 0.3 is 12.0 Å². The van der Waals surface area contributed by atoms with Crippen LogP contribution in [0.1, 0.15) is 26.2 Å². The zero-order valence-electron chi connectivity index (χ0n) is 12.0. The third-order valence-corrected chi connectivity index (χ3v) is 4.36. The van der Waals surface area contributed by atoms with Crippen molar-refractivity contribution >= 4 is 23.8 Å². The van der Waals surface area contributed by atoms with Crippen LogP contribution in [0.25, 0.3) is 0 Å². The van der Waals surface area contributed by atoms with E-state index in [4.69, 9.17) is 5.11 Å². The molecule has 1 heterocycles. The van der Waals surface area contributed by atoms with Crippen molar-refractivity contribution in [2.24, 2.45) is 5.92 Å². The van der Waals surface area contributed by atoms with E-state index in [1.165, 1.54) is 0 Å². The molecular formula is C13H24N2O4S. The van der Waals surface area contributed by atoms with Crippen LogP contribution in [0.2, 0.25) is 0 Å². The molecule has 0 bridgehead atoms. The number of nitrogens with one attached hydrogen (secondary N) is 1. The Hall–Kier alpha value is -0.950. The smallest absolute Gasteiger partial charge is 0.326 e. The zero-order valence-corrected chi connectivity index (χ0v) is 12.9. The SMILES string of the molecule is CSCCC(NC(=O)N1CCC(C(C)O)CC1)C(=O)O. The Labute approximate surface area is 123 Å². The van der Waals surface area contributed by atoms with Gasteiger partial charge in [0, 0.05) is 13.1 Å². The number of aliphatic carboxylic acids is 1. The van der Waals surface area contributed by atoms with Crippen molar-refractivity contribution in [1.82, 2.24) is 10.2 Å². The molecule has 0 aromatic rings. The summed E-state index contributed by atoms with van der Waals surface area (Å²) in [6.45, 7) is 2.90. The number of carbonyl (C=O) groups is 2. The lowest BCUT2D eigenvalue weighted by atomic mass is 9.92. The average molecular weight is 304 g/mol. The Balaban J connectivity index is 2.43. The molecule has 116 valence electrons. The Kier molecular flexibility index (Phi) is 7.15. The largest absolute Gasteiger partial charge is 0.480 e. The van der Waals surface area contributed by atoms with Gasteiger partial charge in [0.2, 0.25) is 0 Å². The Morgan fingerprint density at radius 1 is 1.40 bits per heavy atom. The lowest BCUT2D eigenvalue weighted by Gasteiger charge is -2.33. The number of hydrogen-bond donors (Lipinski definition) is 3. The summed E-state index contributed by atoms with van der Waals surface area (Å²) in [5.74, 6) is -0.0708. The van der Waals surface area contributed by atoms with E-state index in [1.807, 2.05) is 6.26 Å². The van der Waals surface area contributed by atoms with Crippen molar-refractivity contribution in [3.8, 4) is 0 Å². The Morgan fingerprint density at radius 3 is 2.45 bits per heavy atom. The van der Waals surface area contributed by atoms with Gasteiger partial charge in [-0.1, -0.05) is 0 Å². The van der Waals surface area contributed by atoms with E-state index in [0.29, 0.717) is 25.3 Å². The van der Waals surface area contributed by atoms with Crippen molar-refractivity contribution in [2.75, 3.05) is 25.1 Å². The fourth-order valence-electron chi connectivity index (χ4n) is 2.32. The number of nitrogens with zero attached hydrogens (tertiary/aromatic N) is 1. The third kappa shape index (κ3) is 5.20. The maximum atomic E-state index is 12.0. The molecule has 0 aromatic carbocycles. The number of aliphatic hydroxyl groups is 1. The third-order valence-electron chi connectivity index (χ3n) is 3.72. The summed E-state index contributed by atoms with van der Waals surface area (Å²) in [6.07, 6.45) is 3.49. The molecule has 0 spiro atoms. The number of thioether (sulfide) groups is 1. The number of urea groups is 1. The number of amides is 2. The topological polar surface area (TPSA) is 89.9 Å². The first kappa shape index (κ1) is 17.1. The quantitative estimate of drug-likeness (QED) is 0.681. The first-order chi connectivity index (χ1) is 9.45. The lowest BCUT2D eigenvalue weighted by Crippen LogP contribution is -2.51. The number of carbonyl (C=O) groups excluding carboxylic acids is 1. The maximum absolute atomic E-state index is 12.0. The molecular weight excluding hydrogens is 280 g/mol. The number of rotatable bonds is 6. The molecule has 0 saturated carbocycles. The Morgan fingerprint density at radius 2 is 2.00 bits per heavy atom. The highest BCUT2D eigenvalue weighted by Crippen LogP contribution is 2.20. The molecule has 0 radical (unpaired) electrons. The molecule has 20 heavy (non-hydrogen) atoms. The van der Waals surface area contributed by atoms with Gasteiger partial charge in [0.1, 0.15) is 6.04 Å². The van der Waals surface area contributed by atoms with Crippen LogP contribution in [0.3, 0.4) is 0 Å². The van der Waals surface area contributed by atoms with Crippen LogP contribution in [0.4, 0.5) is 4.79 Å². The summed E-state index contributed by atoms with van der Waals surface area (Å²) >= 11 is 1.56. The molecule has 3 N–H and O–H groups in total. The number of carboxylic acid groups (broad SMARTS) is 1. The van der Waals surface area contributed by atoms with E-state index in [9.17, 15) is 14.7 Å². The second kappa shape index (κ2) is 8.36. The molecule has 1 rings (SSSR count). The van der Waals surface area contributed by atoms with E-state index < -0.39 is 12.0 Å². The second-order valence-electron chi connectivity index (χ2n) is 5.19. The molecule has 2 amide bonds. The van der Waals surface area contributed by atoms with Gasteiger partial charge in [-0.2, -0.15) is 11.8 Å². The van der Waals surface area contributed by atoms with Crippen molar-refractivity contribution in [2.45, 2.75) is 38.3 Å². The van der Waals surface area contributed by atoms with Crippen LogP contribution < -0.4 is 5.32 Å². The number of aliphatic hydroxyl groups excluding tert-OH is 1. The van der Waals surface area contributed by atoms with E-state index in [0.717, 1.165) is 12.8 Å². The predicted molar refractivity (Wildman–Crippen MR) is 78.9 cm³/mol. The van der Waals surface area contributed by atoms with Gasteiger partial charge in [-0.05, 0) is 44.1 Å². The molecule has 1 fully saturated rings. The number of carboxylic acids is 1. The number of hydrogen-bond acceptors (Lipinski definition) is 4. The summed E-state index contributed by atoms with van der Waals surface area (Å²) in [6, 6.07) is -1.15. The van der Waals surface area contributed by atoms with Crippen LogP contribution in [0.5, 0.6) is 0 Å². The molecule has 1 aliphatic rings. The molecule has 0 aromatic heterocycles. The molecule has 1 saturated heterocycles. The minimum absolute atomic E-state index is 0.228. The number of piperidine rings is 1. The van der Waals surface area contributed by atoms with Crippen molar-refractivity contribution in [3.63, 3.8) is 0 Å².